The van der Waals surface area contributed by atoms with E-state index < -0.39 is 0 Å². The number of allylic oxidation sites excluding steroid dienone is 1. The molecule has 0 rings (SSSR count). The van der Waals surface area contributed by atoms with Crippen molar-refractivity contribution in [3.8, 4) is 0 Å². The van der Waals surface area contributed by atoms with Crippen LogP contribution in [0.25, 0.3) is 0 Å². The molecule has 0 aromatic heterocycles. The minimum atomic E-state index is 1.44. The lowest BCUT2D eigenvalue weighted by atomic mass is 10.7. The van der Waals surface area contributed by atoms with Crippen LogP contribution < -0.4 is 5.73 Å². The average molecular weight is 84.1 g/mol. The van der Waals surface area contributed by atoms with Crippen molar-refractivity contribution < 1.29 is 0 Å². The molecule has 0 unspecified atom stereocenters. The van der Waals surface area contributed by atoms with Crippen LogP contribution in [0, 0.1) is 0 Å². The van der Waals surface area contributed by atoms with Crippen molar-refractivity contribution in [1.29, 1.82) is 0 Å². The second-order valence-corrected chi connectivity index (χ2v) is 0.792. The van der Waals surface area contributed by atoms with Gasteiger partial charge in [-0.2, -0.15) is 0 Å². The third kappa shape index (κ3) is 3.21. The minimum Gasteiger partial charge on any atom is -0.405 e. The zero-order valence-corrected chi connectivity index (χ0v) is 3.76. The topological polar surface area (TPSA) is 38.4 Å². The van der Waals surface area contributed by atoms with E-state index in [0.717, 1.165) is 0 Å². The largest absolute Gasteiger partial charge is 0.405 e. The molecule has 2 heteroatoms. The van der Waals surface area contributed by atoms with Crippen LogP contribution in [-0.2, 0) is 0 Å². The monoisotopic (exact) mass is 84.1 g/mol. The van der Waals surface area contributed by atoms with E-state index in [9.17, 15) is 0 Å². The van der Waals surface area contributed by atoms with Crippen molar-refractivity contribution in [2.24, 2.45) is 10.7 Å². The fourth-order valence-corrected chi connectivity index (χ4v) is 0.136. The average Bonchev–Trinajstić information content (AvgIpc) is 1.61. The maximum Gasteiger partial charge on any atom is 0.0277 e. The summed E-state index contributed by atoms with van der Waals surface area (Å²) in [6.07, 6.45) is 4.73. The second kappa shape index (κ2) is 4.21. The lowest BCUT2D eigenvalue weighted by Gasteiger charge is -1.64. The zero-order chi connectivity index (χ0) is 4.83. The maximum absolute atomic E-state index is 4.94. The van der Waals surface area contributed by atoms with Gasteiger partial charge in [-0.15, -0.1) is 0 Å². The molecule has 0 aromatic carbocycles. The van der Waals surface area contributed by atoms with Crippen LogP contribution in [0.3, 0.4) is 0 Å². The molecule has 0 atom stereocenters. The Hall–Kier alpha value is -0.790. The van der Waals surface area contributed by atoms with Crippen molar-refractivity contribution in [1.82, 2.24) is 0 Å². The molecule has 0 fully saturated rings. The van der Waals surface area contributed by atoms with E-state index in [4.69, 9.17) is 5.73 Å². The normalized spacial score (nSPS) is 11.5. The van der Waals surface area contributed by atoms with Crippen LogP contribution in [0.1, 0.15) is 0 Å². The van der Waals surface area contributed by atoms with Gasteiger partial charge in [0.1, 0.15) is 0 Å². The molecule has 6 heavy (non-hydrogen) atoms. The Morgan fingerprint density at radius 3 is 2.50 bits per heavy atom. The van der Waals surface area contributed by atoms with Crippen molar-refractivity contribution in [2.75, 3.05) is 7.05 Å². The maximum atomic E-state index is 4.94. The van der Waals surface area contributed by atoms with E-state index in [-0.39, 0.29) is 0 Å². The molecule has 2 N–H and O–H groups in total. The number of nitrogens with zero attached hydrogens (tertiary/aromatic N) is 1. The van der Waals surface area contributed by atoms with Crippen LogP contribution in [0.4, 0.5) is 0 Å². The van der Waals surface area contributed by atoms with E-state index in [2.05, 4.69) is 4.99 Å². The predicted molar refractivity (Wildman–Crippen MR) is 27.7 cm³/mol. The molecule has 0 aliphatic carbocycles. The summed E-state index contributed by atoms with van der Waals surface area (Å²) in [5, 5.41) is 0. The molecular formula is C4H8N2. The minimum absolute atomic E-state index is 1.44. The highest BCUT2D eigenvalue weighted by Crippen LogP contribution is 1.53. The first-order valence-electron chi connectivity index (χ1n) is 1.71. The van der Waals surface area contributed by atoms with E-state index in [1.54, 1.807) is 19.3 Å². The van der Waals surface area contributed by atoms with Gasteiger partial charge < -0.3 is 5.73 Å². The molecule has 0 amide bonds. The molecule has 0 saturated heterocycles. The highest BCUT2D eigenvalue weighted by Gasteiger charge is 1.49. The first-order chi connectivity index (χ1) is 2.91. The van der Waals surface area contributed by atoms with Gasteiger partial charge in [0.2, 0.25) is 0 Å². The summed E-state index contributed by atoms with van der Waals surface area (Å²) in [6, 6.07) is 0. The number of hydrogen-bond donors (Lipinski definition) is 1. The Morgan fingerprint density at radius 2 is 2.33 bits per heavy atom. The van der Waals surface area contributed by atoms with Gasteiger partial charge in [-0.05, 0) is 12.3 Å². The SMILES string of the molecule is CN=C/C=C\N. The molecule has 0 aliphatic heterocycles. The molecule has 0 aliphatic rings. The zero-order valence-electron chi connectivity index (χ0n) is 3.76. The Balaban J connectivity index is 3.07. The summed E-state index contributed by atoms with van der Waals surface area (Å²) in [5.41, 5.74) is 4.94. The van der Waals surface area contributed by atoms with Crippen LogP contribution in [-0.4, -0.2) is 13.3 Å². The Bertz CT molecular complexity index is 53.9. The van der Waals surface area contributed by atoms with Crippen molar-refractivity contribution in [3.63, 3.8) is 0 Å². The van der Waals surface area contributed by atoms with Crippen molar-refractivity contribution in [2.45, 2.75) is 0 Å². The molecule has 0 spiro atoms. The number of nitrogens with two attached hydrogens (primary N) is 1. The third-order valence-electron chi connectivity index (χ3n) is 0.346. The summed E-state index contributed by atoms with van der Waals surface area (Å²) < 4.78 is 0. The fraction of sp³-hybridized carbons (Fsp3) is 0.250. The Morgan fingerprint density at radius 1 is 1.67 bits per heavy atom. The molecule has 0 heterocycles. The summed E-state index contributed by atoms with van der Waals surface area (Å²) in [7, 11) is 1.69. The number of aliphatic imine (C=N–C) groups is 1. The van der Waals surface area contributed by atoms with E-state index in [1.807, 2.05) is 0 Å². The van der Waals surface area contributed by atoms with Gasteiger partial charge in [0.25, 0.3) is 0 Å². The molecular weight excluding hydrogens is 76.1 g/mol. The smallest absolute Gasteiger partial charge is 0.0277 e. The fourth-order valence-electron chi connectivity index (χ4n) is 0.136. The predicted octanol–water partition coefficient (Wildman–Crippen LogP) is 0.159. The summed E-state index contributed by atoms with van der Waals surface area (Å²) in [5.74, 6) is 0. The quantitative estimate of drug-likeness (QED) is 0.451. The van der Waals surface area contributed by atoms with E-state index in [1.165, 1.54) is 6.20 Å². The Kier molecular flexibility index (Phi) is 3.66. The van der Waals surface area contributed by atoms with Gasteiger partial charge in [-0.1, -0.05) is 0 Å². The third-order valence-corrected chi connectivity index (χ3v) is 0.346. The van der Waals surface area contributed by atoms with Crippen LogP contribution in [0.15, 0.2) is 17.3 Å². The second-order valence-electron chi connectivity index (χ2n) is 0.792. The molecule has 34 valence electrons. The molecule has 0 saturated carbocycles. The van der Waals surface area contributed by atoms with Gasteiger partial charge >= 0.3 is 0 Å². The van der Waals surface area contributed by atoms with Crippen LogP contribution in [0.5, 0.6) is 0 Å². The summed E-state index contributed by atoms with van der Waals surface area (Å²) >= 11 is 0. The van der Waals surface area contributed by atoms with E-state index >= 15 is 0 Å². The van der Waals surface area contributed by atoms with Gasteiger partial charge in [0.05, 0.1) is 0 Å². The highest BCUT2D eigenvalue weighted by atomic mass is 14.6. The van der Waals surface area contributed by atoms with Gasteiger partial charge in [0.15, 0.2) is 0 Å². The number of rotatable bonds is 1. The standard InChI is InChI=1S/C4H8N2/c1-6-4-2-3-5/h2-4H,5H2,1H3/b3-2-,6-4?. The Labute approximate surface area is 37.4 Å². The molecule has 2 nitrogen and oxygen atoms in total. The summed E-state index contributed by atoms with van der Waals surface area (Å²) in [4.78, 5) is 3.63. The van der Waals surface area contributed by atoms with Gasteiger partial charge in [-0.25, -0.2) is 0 Å². The van der Waals surface area contributed by atoms with E-state index in [0.29, 0.717) is 0 Å². The van der Waals surface area contributed by atoms with Crippen molar-refractivity contribution in [3.05, 3.63) is 12.3 Å². The first kappa shape index (κ1) is 5.21. The lowest BCUT2D eigenvalue weighted by Crippen LogP contribution is -1.74. The molecule has 0 bridgehead atoms. The van der Waals surface area contributed by atoms with Crippen LogP contribution >= 0.6 is 0 Å². The van der Waals surface area contributed by atoms with Gasteiger partial charge in [-0.3, -0.25) is 4.99 Å². The lowest BCUT2D eigenvalue weighted by molar-refractivity contribution is 1.47. The number of hydrogen-bond acceptors (Lipinski definition) is 2. The molecule has 0 radical (unpaired) electrons. The molecule has 0 aromatic rings. The van der Waals surface area contributed by atoms with Crippen molar-refractivity contribution >= 4 is 6.21 Å². The highest BCUT2D eigenvalue weighted by molar-refractivity contribution is 5.70. The summed E-state index contributed by atoms with van der Waals surface area (Å²) in [6.45, 7) is 0. The first-order valence-corrected chi connectivity index (χ1v) is 1.71. The van der Waals surface area contributed by atoms with Gasteiger partial charge in [0, 0.05) is 13.3 Å². The van der Waals surface area contributed by atoms with Crippen LogP contribution in [0.2, 0.25) is 0 Å².